The largest absolute Gasteiger partial charge is 0.744 e. The summed E-state index contributed by atoms with van der Waals surface area (Å²) >= 11 is 3.79. The van der Waals surface area contributed by atoms with E-state index in [1.54, 1.807) is 6.07 Å². The number of esters is 2. The Labute approximate surface area is 196 Å². The van der Waals surface area contributed by atoms with Gasteiger partial charge in [0.05, 0.1) is 13.4 Å². The number of aromatic hydroxyl groups is 1. The first kappa shape index (κ1) is 24.2. The number of halogens is 2. The molecule has 2 rings (SSSR count). The van der Waals surface area contributed by atoms with Crippen LogP contribution in [-0.4, -0.2) is 48.2 Å². The maximum Gasteiger partial charge on any atom is 0.345 e. The molecule has 0 radical (unpaired) electrons. The van der Waals surface area contributed by atoms with E-state index in [0.29, 0.717) is 13.2 Å². The molecule has 0 saturated carbocycles. The van der Waals surface area contributed by atoms with Crippen LogP contribution >= 0.6 is 45.2 Å². The Hall–Kier alpha value is -2.05. The first-order chi connectivity index (χ1) is 13.9. The SMILES string of the molecule is O=C(OCCOC(=O)c1cc(I)cc(I)c1O)c1ccc(S(=O)(=O)[O-])cc1[N+](=O)[O-]. The van der Waals surface area contributed by atoms with Crippen LogP contribution in [0, 0.1) is 17.3 Å². The van der Waals surface area contributed by atoms with Crippen molar-refractivity contribution >= 4 is 72.9 Å². The predicted octanol–water partition coefficient (Wildman–Crippen LogP) is 2.43. The fraction of sp³-hybridized carbons (Fsp3) is 0.125. The molecule has 1 N–H and O–H groups in total. The lowest BCUT2D eigenvalue weighted by Crippen LogP contribution is -2.15. The van der Waals surface area contributed by atoms with Gasteiger partial charge in [-0.25, -0.2) is 18.0 Å². The van der Waals surface area contributed by atoms with Crippen molar-refractivity contribution in [3.8, 4) is 5.75 Å². The quantitative estimate of drug-likeness (QED) is 0.116. The lowest BCUT2D eigenvalue weighted by atomic mass is 10.2. The zero-order valence-corrected chi connectivity index (χ0v) is 19.7. The number of hydrogen-bond donors (Lipinski definition) is 1. The molecule has 0 heterocycles. The van der Waals surface area contributed by atoms with Gasteiger partial charge in [0, 0.05) is 9.64 Å². The first-order valence-corrected chi connectivity index (χ1v) is 11.2. The van der Waals surface area contributed by atoms with Crippen LogP contribution in [0.3, 0.4) is 0 Å². The second-order valence-corrected chi connectivity index (χ2v) is 9.23. The molecule has 0 aromatic heterocycles. The van der Waals surface area contributed by atoms with Gasteiger partial charge in [0.25, 0.3) is 5.69 Å². The first-order valence-electron chi connectivity index (χ1n) is 7.68. The molecule has 160 valence electrons. The molecule has 0 aliphatic rings. The lowest BCUT2D eigenvalue weighted by molar-refractivity contribution is -0.385. The Morgan fingerprint density at radius 3 is 2.13 bits per heavy atom. The van der Waals surface area contributed by atoms with Gasteiger partial charge in [-0.2, -0.15) is 0 Å². The molecule has 11 nitrogen and oxygen atoms in total. The number of rotatable bonds is 7. The van der Waals surface area contributed by atoms with Crippen molar-refractivity contribution < 1.29 is 42.1 Å². The number of phenolic OH excluding ortho intramolecular Hbond substituents is 1. The minimum atomic E-state index is -4.95. The Kier molecular flexibility index (Phi) is 7.94. The molecule has 14 heteroatoms. The molecule has 2 aromatic rings. The van der Waals surface area contributed by atoms with Crippen LogP contribution in [0.25, 0.3) is 0 Å². The van der Waals surface area contributed by atoms with Gasteiger partial charge >= 0.3 is 11.9 Å². The topological polar surface area (TPSA) is 173 Å². The van der Waals surface area contributed by atoms with Crippen molar-refractivity contribution in [3.05, 3.63) is 58.7 Å². The van der Waals surface area contributed by atoms with Crippen LogP contribution in [-0.2, 0) is 19.6 Å². The Morgan fingerprint density at radius 1 is 1.03 bits per heavy atom. The third-order valence-corrected chi connectivity index (χ3v) is 5.75. The molecular formula is C16H10I2NO10S-. The second-order valence-electron chi connectivity index (χ2n) is 5.45. The molecular weight excluding hydrogens is 652 g/mol. The number of nitro benzene ring substituents is 1. The molecule has 0 aliphatic heterocycles. The molecule has 0 aliphatic carbocycles. The summed E-state index contributed by atoms with van der Waals surface area (Å²) in [6.07, 6.45) is 0. The molecule has 0 unspecified atom stereocenters. The maximum atomic E-state index is 12.1. The van der Waals surface area contributed by atoms with Gasteiger partial charge in [0.1, 0.15) is 40.2 Å². The van der Waals surface area contributed by atoms with Gasteiger partial charge in [-0.3, -0.25) is 10.1 Å². The summed E-state index contributed by atoms with van der Waals surface area (Å²) < 4.78 is 43.8. The number of nitrogens with zero attached hydrogens (tertiary/aromatic N) is 1. The van der Waals surface area contributed by atoms with Crippen molar-refractivity contribution in [1.82, 2.24) is 0 Å². The van der Waals surface area contributed by atoms with Gasteiger partial charge in [0.15, 0.2) is 0 Å². The van der Waals surface area contributed by atoms with Crippen molar-refractivity contribution in [2.45, 2.75) is 4.90 Å². The minimum absolute atomic E-state index is 0.0809. The molecule has 0 saturated heterocycles. The third-order valence-electron chi connectivity index (χ3n) is 3.47. The summed E-state index contributed by atoms with van der Waals surface area (Å²) in [5.41, 5.74) is -1.58. The summed E-state index contributed by atoms with van der Waals surface area (Å²) in [7, 11) is -4.95. The molecule has 0 amide bonds. The summed E-state index contributed by atoms with van der Waals surface area (Å²) in [5.74, 6) is -2.31. The summed E-state index contributed by atoms with van der Waals surface area (Å²) in [5, 5.41) is 21.0. The summed E-state index contributed by atoms with van der Waals surface area (Å²) in [6.45, 7) is -0.877. The fourth-order valence-electron chi connectivity index (χ4n) is 2.14. The zero-order valence-electron chi connectivity index (χ0n) is 14.5. The van der Waals surface area contributed by atoms with Gasteiger partial charge < -0.3 is 19.1 Å². The predicted molar refractivity (Wildman–Crippen MR) is 115 cm³/mol. The van der Waals surface area contributed by atoms with Crippen LogP contribution < -0.4 is 0 Å². The monoisotopic (exact) mass is 662 g/mol. The van der Waals surface area contributed by atoms with Crippen LogP contribution in [0.2, 0.25) is 0 Å². The average molecular weight is 662 g/mol. The second kappa shape index (κ2) is 9.84. The minimum Gasteiger partial charge on any atom is -0.744 e. The molecule has 0 spiro atoms. The highest BCUT2D eigenvalue weighted by Gasteiger charge is 2.23. The summed E-state index contributed by atoms with van der Waals surface area (Å²) in [4.78, 5) is 33.3. The molecule has 2 aromatic carbocycles. The van der Waals surface area contributed by atoms with Crippen molar-refractivity contribution in [2.75, 3.05) is 13.2 Å². The normalized spacial score (nSPS) is 11.0. The number of benzene rings is 2. The van der Waals surface area contributed by atoms with E-state index in [-0.39, 0.29) is 11.3 Å². The van der Waals surface area contributed by atoms with E-state index in [2.05, 4.69) is 0 Å². The number of carbonyl (C=O) groups is 2. The third kappa shape index (κ3) is 5.99. The van der Waals surface area contributed by atoms with Crippen LogP contribution in [0.4, 0.5) is 5.69 Å². The number of carbonyl (C=O) groups excluding carboxylic acids is 2. The highest BCUT2D eigenvalue weighted by molar-refractivity contribution is 14.1. The van der Waals surface area contributed by atoms with Crippen molar-refractivity contribution in [1.29, 1.82) is 0 Å². The van der Waals surface area contributed by atoms with E-state index in [1.807, 2.05) is 45.2 Å². The van der Waals surface area contributed by atoms with Gasteiger partial charge in [0.2, 0.25) is 0 Å². The van der Waals surface area contributed by atoms with E-state index in [9.17, 15) is 37.8 Å². The van der Waals surface area contributed by atoms with Gasteiger partial charge in [-0.1, -0.05) is 0 Å². The molecule has 0 atom stereocenters. The fourth-order valence-corrected chi connectivity index (χ4v) is 4.47. The van der Waals surface area contributed by atoms with Crippen molar-refractivity contribution in [2.24, 2.45) is 0 Å². The Balaban J connectivity index is 2.03. The van der Waals surface area contributed by atoms with Gasteiger partial charge in [-0.05, 0) is 69.4 Å². The number of phenols is 1. The average Bonchev–Trinajstić information content (AvgIpc) is 2.66. The van der Waals surface area contributed by atoms with E-state index in [0.717, 1.165) is 12.1 Å². The van der Waals surface area contributed by atoms with Crippen LogP contribution in [0.5, 0.6) is 5.75 Å². The number of nitro groups is 1. The van der Waals surface area contributed by atoms with E-state index < -0.39 is 56.3 Å². The van der Waals surface area contributed by atoms with E-state index in [1.165, 1.54) is 6.07 Å². The Morgan fingerprint density at radius 2 is 1.60 bits per heavy atom. The summed E-state index contributed by atoms with van der Waals surface area (Å²) in [6, 6.07) is 5.03. The van der Waals surface area contributed by atoms with Gasteiger partial charge in [-0.15, -0.1) is 0 Å². The van der Waals surface area contributed by atoms with E-state index in [4.69, 9.17) is 9.47 Å². The maximum absolute atomic E-state index is 12.1. The standard InChI is InChI=1S/C16H11I2NO10S/c17-8-5-11(14(20)12(18)6-8)16(22)29-4-3-28-15(21)10-2-1-9(30(25,26)27)7-13(10)19(23)24/h1-2,5-7,20H,3-4H2,(H,25,26,27)/p-1. The van der Waals surface area contributed by atoms with Crippen molar-refractivity contribution in [3.63, 3.8) is 0 Å². The van der Waals surface area contributed by atoms with E-state index >= 15 is 0 Å². The lowest BCUT2D eigenvalue weighted by Gasteiger charge is -2.10. The number of ether oxygens (including phenoxy) is 2. The van der Waals surface area contributed by atoms with Crippen LogP contribution in [0.1, 0.15) is 20.7 Å². The molecule has 30 heavy (non-hydrogen) atoms. The Bertz CT molecular complexity index is 1130. The smallest absolute Gasteiger partial charge is 0.345 e. The zero-order chi connectivity index (χ0) is 22.6. The number of hydrogen-bond acceptors (Lipinski definition) is 10. The highest BCUT2D eigenvalue weighted by atomic mass is 127. The molecule has 0 fully saturated rings. The highest BCUT2D eigenvalue weighted by Crippen LogP contribution is 2.27. The van der Waals surface area contributed by atoms with Crippen LogP contribution in [0.15, 0.2) is 35.2 Å². The molecule has 0 bridgehead atoms.